The number of amides is 2. The van der Waals surface area contributed by atoms with Crippen molar-refractivity contribution in [1.29, 1.82) is 0 Å². The van der Waals surface area contributed by atoms with Gasteiger partial charge in [-0.25, -0.2) is 0 Å². The van der Waals surface area contributed by atoms with E-state index in [2.05, 4.69) is 22.3 Å². The summed E-state index contributed by atoms with van der Waals surface area (Å²) in [6.07, 6.45) is 1.69. The molecule has 0 saturated carbocycles. The molecule has 0 aliphatic carbocycles. The average molecular weight is 324 g/mol. The highest BCUT2D eigenvalue weighted by molar-refractivity contribution is 6.27. The number of alkyl halides is 1. The molecule has 1 aromatic rings. The first kappa shape index (κ1) is 16.8. The van der Waals surface area contributed by atoms with Gasteiger partial charge in [-0.05, 0) is 37.1 Å². The summed E-state index contributed by atoms with van der Waals surface area (Å²) in [5, 5.41) is 2.74. The van der Waals surface area contributed by atoms with E-state index in [-0.39, 0.29) is 23.6 Å². The largest absolute Gasteiger partial charge is 0.369 e. The van der Waals surface area contributed by atoms with Gasteiger partial charge in [0.2, 0.25) is 11.8 Å². The Morgan fingerprint density at radius 1 is 1.18 bits per heavy atom. The summed E-state index contributed by atoms with van der Waals surface area (Å²) >= 11 is 5.44. The van der Waals surface area contributed by atoms with E-state index in [1.165, 1.54) is 5.56 Å². The molecule has 0 aromatic heterocycles. The van der Waals surface area contributed by atoms with Gasteiger partial charge in [-0.1, -0.05) is 24.3 Å². The lowest BCUT2D eigenvalue weighted by Crippen LogP contribution is -2.38. The van der Waals surface area contributed by atoms with E-state index in [4.69, 9.17) is 17.3 Å². The van der Waals surface area contributed by atoms with Crippen LogP contribution in [0.3, 0.4) is 0 Å². The number of carbonyl (C=O) groups is 2. The molecule has 1 fully saturated rings. The lowest BCUT2D eigenvalue weighted by molar-refractivity contribution is -0.123. The molecule has 0 atom stereocenters. The van der Waals surface area contributed by atoms with Crippen molar-refractivity contribution in [1.82, 2.24) is 10.2 Å². The molecule has 0 bridgehead atoms. The number of halogens is 1. The van der Waals surface area contributed by atoms with Gasteiger partial charge in [0.15, 0.2) is 0 Å². The standard InChI is InChI=1S/C16H22ClN3O2/c17-9-15(21)19-10-12-1-3-13(4-2-12)11-20-7-5-14(6-8-20)16(18)22/h1-4,14H,5-11H2,(H2,18,22)(H,19,21). The highest BCUT2D eigenvalue weighted by atomic mass is 35.5. The molecule has 0 radical (unpaired) electrons. The molecule has 5 nitrogen and oxygen atoms in total. The number of nitrogens with one attached hydrogen (secondary N) is 1. The molecule has 0 unspecified atom stereocenters. The second-order valence-corrected chi connectivity index (χ2v) is 5.95. The Bertz CT molecular complexity index is 511. The topological polar surface area (TPSA) is 75.4 Å². The van der Waals surface area contributed by atoms with Gasteiger partial charge in [0.1, 0.15) is 5.88 Å². The Kier molecular flexibility index (Phi) is 6.21. The van der Waals surface area contributed by atoms with Crippen molar-refractivity contribution in [3.63, 3.8) is 0 Å². The van der Waals surface area contributed by atoms with Crippen molar-refractivity contribution in [2.75, 3.05) is 19.0 Å². The minimum absolute atomic E-state index is 0.0145. The molecule has 6 heteroatoms. The predicted octanol–water partition coefficient (Wildman–Crippen LogP) is 1.24. The van der Waals surface area contributed by atoms with Crippen LogP contribution in [0.2, 0.25) is 0 Å². The zero-order valence-corrected chi connectivity index (χ0v) is 13.3. The van der Waals surface area contributed by atoms with E-state index in [1.54, 1.807) is 0 Å². The molecule has 1 aromatic carbocycles. The van der Waals surface area contributed by atoms with E-state index < -0.39 is 0 Å². The second kappa shape index (κ2) is 8.15. The smallest absolute Gasteiger partial charge is 0.235 e. The molecule has 1 saturated heterocycles. The number of primary amides is 1. The van der Waals surface area contributed by atoms with Gasteiger partial charge in [-0.15, -0.1) is 11.6 Å². The highest BCUT2D eigenvalue weighted by Crippen LogP contribution is 2.18. The maximum atomic E-state index is 11.2. The maximum Gasteiger partial charge on any atom is 0.235 e. The van der Waals surface area contributed by atoms with Gasteiger partial charge in [0, 0.05) is 19.0 Å². The van der Waals surface area contributed by atoms with Crippen molar-refractivity contribution in [2.45, 2.75) is 25.9 Å². The molecule has 2 rings (SSSR count). The molecule has 3 N–H and O–H groups in total. The Balaban J connectivity index is 1.79. The number of rotatable bonds is 6. The van der Waals surface area contributed by atoms with Gasteiger partial charge in [-0.2, -0.15) is 0 Å². The minimum atomic E-state index is -0.178. The van der Waals surface area contributed by atoms with E-state index in [9.17, 15) is 9.59 Å². The monoisotopic (exact) mass is 323 g/mol. The summed E-state index contributed by atoms with van der Waals surface area (Å²) in [7, 11) is 0. The fraction of sp³-hybridized carbons (Fsp3) is 0.500. The first-order valence-corrected chi connectivity index (χ1v) is 8.04. The number of carbonyl (C=O) groups excluding carboxylic acids is 2. The molecule has 22 heavy (non-hydrogen) atoms. The lowest BCUT2D eigenvalue weighted by atomic mass is 9.96. The van der Waals surface area contributed by atoms with Crippen molar-refractivity contribution in [3.05, 3.63) is 35.4 Å². The number of likely N-dealkylation sites (tertiary alicyclic amines) is 1. The van der Waals surface area contributed by atoms with Crippen LogP contribution in [0.5, 0.6) is 0 Å². The SMILES string of the molecule is NC(=O)C1CCN(Cc2ccc(CNC(=O)CCl)cc2)CC1. The summed E-state index contributed by atoms with van der Waals surface area (Å²) in [5.74, 6) is -0.325. The van der Waals surface area contributed by atoms with E-state index in [0.717, 1.165) is 38.0 Å². The first-order valence-electron chi connectivity index (χ1n) is 7.50. The van der Waals surface area contributed by atoms with E-state index in [1.807, 2.05) is 12.1 Å². The van der Waals surface area contributed by atoms with Crippen molar-refractivity contribution in [2.24, 2.45) is 11.7 Å². The average Bonchev–Trinajstić information content (AvgIpc) is 2.54. The highest BCUT2D eigenvalue weighted by Gasteiger charge is 2.22. The maximum absolute atomic E-state index is 11.2. The Labute approximate surface area is 135 Å². The van der Waals surface area contributed by atoms with Crippen LogP contribution >= 0.6 is 11.6 Å². The van der Waals surface area contributed by atoms with Crippen LogP contribution in [0, 0.1) is 5.92 Å². The number of hydrogen-bond acceptors (Lipinski definition) is 3. The van der Waals surface area contributed by atoms with Crippen LogP contribution in [-0.2, 0) is 22.7 Å². The van der Waals surface area contributed by atoms with Gasteiger partial charge < -0.3 is 11.1 Å². The summed E-state index contributed by atoms with van der Waals surface area (Å²) in [6.45, 7) is 3.18. The zero-order valence-electron chi connectivity index (χ0n) is 12.6. The van der Waals surface area contributed by atoms with Crippen molar-refractivity contribution < 1.29 is 9.59 Å². The third-order valence-electron chi connectivity index (χ3n) is 4.03. The lowest BCUT2D eigenvalue weighted by Gasteiger charge is -2.30. The number of benzene rings is 1. The molecule has 1 aliphatic heterocycles. The summed E-state index contributed by atoms with van der Waals surface area (Å²) < 4.78 is 0. The number of piperidine rings is 1. The molecule has 1 heterocycles. The van der Waals surface area contributed by atoms with Crippen LogP contribution < -0.4 is 11.1 Å². The third-order valence-corrected chi connectivity index (χ3v) is 4.27. The molecule has 1 aliphatic rings. The number of hydrogen-bond donors (Lipinski definition) is 2. The summed E-state index contributed by atoms with van der Waals surface area (Å²) in [5.41, 5.74) is 7.62. The van der Waals surface area contributed by atoms with Crippen LogP contribution in [-0.4, -0.2) is 35.7 Å². The summed E-state index contributed by atoms with van der Waals surface area (Å²) in [4.78, 5) is 24.6. The van der Waals surface area contributed by atoms with Gasteiger partial charge >= 0.3 is 0 Å². The van der Waals surface area contributed by atoms with Gasteiger partial charge in [0.05, 0.1) is 0 Å². The van der Waals surface area contributed by atoms with Crippen LogP contribution in [0.1, 0.15) is 24.0 Å². The molecular weight excluding hydrogens is 302 g/mol. The zero-order chi connectivity index (χ0) is 15.9. The van der Waals surface area contributed by atoms with Crippen LogP contribution in [0.15, 0.2) is 24.3 Å². The Hall–Kier alpha value is -1.59. The third kappa shape index (κ3) is 5.00. The van der Waals surface area contributed by atoms with Gasteiger partial charge in [0.25, 0.3) is 0 Å². The van der Waals surface area contributed by atoms with Crippen LogP contribution in [0.4, 0.5) is 0 Å². The fourth-order valence-electron chi connectivity index (χ4n) is 2.64. The van der Waals surface area contributed by atoms with Crippen molar-refractivity contribution >= 4 is 23.4 Å². The minimum Gasteiger partial charge on any atom is -0.369 e. The number of nitrogens with zero attached hydrogens (tertiary/aromatic N) is 1. The molecular formula is C16H22ClN3O2. The first-order chi connectivity index (χ1) is 10.6. The quantitative estimate of drug-likeness (QED) is 0.773. The second-order valence-electron chi connectivity index (χ2n) is 5.68. The Morgan fingerprint density at radius 2 is 1.77 bits per heavy atom. The molecule has 0 spiro atoms. The molecule has 120 valence electrons. The Morgan fingerprint density at radius 3 is 2.32 bits per heavy atom. The van der Waals surface area contributed by atoms with E-state index >= 15 is 0 Å². The van der Waals surface area contributed by atoms with E-state index in [0.29, 0.717) is 6.54 Å². The van der Waals surface area contributed by atoms with Crippen LogP contribution in [0.25, 0.3) is 0 Å². The number of nitrogens with two attached hydrogens (primary N) is 1. The normalized spacial score (nSPS) is 16.4. The van der Waals surface area contributed by atoms with Gasteiger partial charge in [-0.3, -0.25) is 14.5 Å². The summed E-state index contributed by atoms with van der Waals surface area (Å²) in [6, 6.07) is 8.17. The predicted molar refractivity (Wildman–Crippen MR) is 86.2 cm³/mol. The van der Waals surface area contributed by atoms with Crippen molar-refractivity contribution in [3.8, 4) is 0 Å². The fourth-order valence-corrected chi connectivity index (χ4v) is 2.74. The molecule has 2 amide bonds.